The molecule has 3 heterocycles. The molecular weight excluding hydrogens is 352 g/mol. The highest BCUT2D eigenvalue weighted by Gasteiger charge is 2.24. The Hall–Kier alpha value is -1.66. The summed E-state index contributed by atoms with van der Waals surface area (Å²) in [5.41, 5.74) is 0.662. The minimum Gasteiger partial charge on any atom is -0.378 e. The smallest absolute Gasteiger partial charge is 0.255 e. The summed E-state index contributed by atoms with van der Waals surface area (Å²) in [5, 5.41) is 3.60. The molecule has 154 valence electrons. The Kier molecular flexibility index (Phi) is 6.81. The second kappa shape index (κ2) is 9.70. The molecule has 1 atom stereocenters. The first-order valence-corrected chi connectivity index (χ1v) is 11.1. The number of aromatic nitrogens is 1. The number of pyridine rings is 1. The van der Waals surface area contributed by atoms with Gasteiger partial charge in [-0.2, -0.15) is 0 Å². The van der Waals surface area contributed by atoms with Crippen LogP contribution in [0.15, 0.2) is 18.3 Å². The van der Waals surface area contributed by atoms with Crippen molar-refractivity contribution in [2.75, 3.05) is 51.3 Å². The van der Waals surface area contributed by atoms with Crippen molar-refractivity contribution in [3.05, 3.63) is 23.9 Å². The Bertz CT molecular complexity index is 624. The zero-order valence-electron chi connectivity index (χ0n) is 16.9. The molecule has 6 heteroatoms. The number of rotatable bonds is 5. The van der Waals surface area contributed by atoms with Crippen LogP contribution >= 0.6 is 0 Å². The van der Waals surface area contributed by atoms with Crippen molar-refractivity contribution in [2.45, 2.75) is 51.0 Å². The summed E-state index contributed by atoms with van der Waals surface area (Å²) in [6, 6.07) is 4.30. The lowest BCUT2D eigenvalue weighted by Crippen LogP contribution is -2.44. The van der Waals surface area contributed by atoms with Crippen LogP contribution in [0.4, 0.5) is 5.82 Å². The standard InChI is InChI=1S/C22H34N4O2/c27-22(26-11-13-28-14-12-26)19-8-9-21(23-15-19)24-20-7-4-10-25(17-20)16-18-5-2-1-3-6-18/h8-9,15,18,20H,1-7,10-14,16-17H2,(H,23,24). The van der Waals surface area contributed by atoms with Crippen LogP contribution in [-0.2, 0) is 4.74 Å². The molecule has 0 spiro atoms. The molecule has 0 bridgehead atoms. The fraction of sp³-hybridized carbons (Fsp3) is 0.727. The number of anilines is 1. The van der Waals surface area contributed by atoms with Crippen molar-refractivity contribution in [1.82, 2.24) is 14.8 Å². The van der Waals surface area contributed by atoms with Gasteiger partial charge in [0.15, 0.2) is 0 Å². The van der Waals surface area contributed by atoms with Gasteiger partial charge in [0.2, 0.25) is 0 Å². The van der Waals surface area contributed by atoms with E-state index in [2.05, 4.69) is 15.2 Å². The molecule has 1 aliphatic carbocycles. The molecule has 0 radical (unpaired) electrons. The van der Waals surface area contributed by atoms with E-state index in [4.69, 9.17) is 4.74 Å². The number of nitrogens with one attached hydrogen (secondary N) is 1. The maximum atomic E-state index is 12.5. The van der Waals surface area contributed by atoms with Crippen LogP contribution in [0.3, 0.4) is 0 Å². The van der Waals surface area contributed by atoms with E-state index in [0.29, 0.717) is 37.9 Å². The molecule has 1 saturated carbocycles. The molecule has 6 nitrogen and oxygen atoms in total. The number of likely N-dealkylation sites (tertiary alicyclic amines) is 1. The third-order valence-corrected chi connectivity index (χ3v) is 6.41. The summed E-state index contributed by atoms with van der Waals surface area (Å²) in [4.78, 5) is 21.5. The van der Waals surface area contributed by atoms with Crippen molar-refractivity contribution in [3.8, 4) is 0 Å². The van der Waals surface area contributed by atoms with E-state index < -0.39 is 0 Å². The SMILES string of the molecule is O=C(c1ccc(NC2CCCN(CC3CCCCC3)C2)nc1)N1CCOCC1. The highest BCUT2D eigenvalue weighted by Crippen LogP contribution is 2.26. The number of carbonyl (C=O) groups is 1. The third-order valence-electron chi connectivity index (χ3n) is 6.41. The highest BCUT2D eigenvalue weighted by molar-refractivity contribution is 5.94. The van der Waals surface area contributed by atoms with Gasteiger partial charge in [0.1, 0.15) is 5.82 Å². The topological polar surface area (TPSA) is 57.7 Å². The number of hydrogen-bond acceptors (Lipinski definition) is 5. The molecule has 1 N–H and O–H groups in total. The number of piperidine rings is 1. The number of ether oxygens (including phenoxy) is 1. The lowest BCUT2D eigenvalue weighted by atomic mass is 9.88. The Balaban J connectivity index is 1.28. The minimum absolute atomic E-state index is 0.0543. The average molecular weight is 387 g/mol. The molecule has 1 aromatic rings. The maximum Gasteiger partial charge on any atom is 0.255 e. The van der Waals surface area contributed by atoms with Crippen LogP contribution in [-0.4, -0.2) is 72.7 Å². The first-order chi connectivity index (χ1) is 13.8. The monoisotopic (exact) mass is 386 g/mol. The summed E-state index contributed by atoms with van der Waals surface area (Å²) >= 11 is 0. The summed E-state index contributed by atoms with van der Waals surface area (Å²) < 4.78 is 5.32. The summed E-state index contributed by atoms with van der Waals surface area (Å²) in [5.74, 6) is 1.83. The fourth-order valence-electron chi connectivity index (χ4n) is 4.84. The molecule has 3 aliphatic rings. The number of carbonyl (C=O) groups excluding carboxylic acids is 1. The normalized spacial score (nSPS) is 24.9. The quantitative estimate of drug-likeness (QED) is 0.843. The summed E-state index contributed by atoms with van der Waals surface area (Å²) in [6.07, 6.45) is 11.2. The molecule has 3 fully saturated rings. The van der Waals surface area contributed by atoms with Crippen molar-refractivity contribution < 1.29 is 9.53 Å². The number of amides is 1. The minimum atomic E-state index is 0.0543. The Morgan fingerprint density at radius 3 is 2.64 bits per heavy atom. The largest absolute Gasteiger partial charge is 0.378 e. The molecule has 0 aromatic carbocycles. The Labute approximate surface area is 168 Å². The predicted molar refractivity (Wildman–Crippen MR) is 111 cm³/mol. The van der Waals surface area contributed by atoms with Gasteiger partial charge in [0.05, 0.1) is 18.8 Å². The third kappa shape index (κ3) is 5.23. The Morgan fingerprint density at radius 1 is 1.07 bits per heavy atom. The zero-order valence-corrected chi connectivity index (χ0v) is 16.9. The molecular formula is C22H34N4O2. The van der Waals surface area contributed by atoms with E-state index in [0.717, 1.165) is 18.3 Å². The van der Waals surface area contributed by atoms with Gasteiger partial charge in [0.25, 0.3) is 5.91 Å². The van der Waals surface area contributed by atoms with Crippen LogP contribution in [0, 0.1) is 5.92 Å². The predicted octanol–water partition coefficient (Wildman–Crippen LogP) is 3.01. The van der Waals surface area contributed by atoms with E-state index in [1.54, 1.807) is 6.20 Å². The van der Waals surface area contributed by atoms with Crippen LogP contribution in [0.5, 0.6) is 0 Å². The molecule has 28 heavy (non-hydrogen) atoms. The fourth-order valence-corrected chi connectivity index (χ4v) is 4.84. The lowest BCUT2D eigenvalue weighted by molar-refractivity contribution is 0.0302. The zero-order chi connectivity index (χ0) is 19.2. The van der Waals surface area contributed by atoms with Crippen LogP contribution in [0.1, 0.15) is 55.3 Å². The number of morpholine rings is 1. The van der Waals surface area contributed by atoms with Gasteiger partial charge in [-0.3, -0.25) is 4.79 Å². The van der Waals surface area contributed by atoms with E-state index in [9.17, 15) is 4.79 Å². The van der Waals surface area contributed by atoms with Gasteiger partial charge < -0.3 is 19.9 Å². The van der Waals surface area contributed by atoms with Crippen molar-refractivity contribution in [2.24, 2.45) is 5.92 Å². The van der Waals surface area contributed by atoms with E-state index in [1.807, 2.05) is 17.0 Å². The van der Waals surface area contributed by atoms with Crippen molar-refractivity contribution in [1.29, 1.82) is 0 Å². The molecule has 2 aliphatic heterocycles. The van der Waals surface area contributed by atoms with Crippen LogP contribution in [0.2, 0.25) is 0 Å². The van der Waals surface area contributed by atoms with Crippen molar-refractivity contribution in [3.63, 3.8) is 0 Å². The van der Waals surface area contributed by atoms with Gasteiger partial charge in [-0.1, -0.05) is 19.3 Å². The molecule has 1 aromatic heterocycles. The summed E-state index contributed by atoms with van der Waals surface area (Å²) in [6.45, 7) is 6.17. The second-order valence-electron chi connectivity index (χ2n) is 8.58. The average Bonchev–Trinajstić information content (AvgIpc) is 2.75. The van der Waals surface area contributed by atoms with Gasteiger partial charge in [-0.25, -0.2) is 4.98 Å². The first-order valence-electron chi connectivity index (χ1n) is 11.1. The van der Waals surface area contributed by atoms with E-state index in [-0.39, 0.29) is 5.91 Å². The molecule has 1 amide bonds. The van der Waals surface area contributed by atoms with E-state index >= 15 is 0 Å². The molecule has 1 unspecified atom stereocenters. The Morgan fingerprint density at radius 2 is 1.89 bits per heavy atom. The number of nitrogens with zero attached hydrogens (tertiary/aromatic N) is 3. The van der Waals surface area contributed by atoms with Crippen LogP contribution < -0.4 is 5.32 Å². The second-order valence-corrected chi connectivity index (χ2v) is 8.58. The highest BCUT2D eigenvalue weighted by atomic mass is 16.5. The first kappa shape index (κ1) is 19.6. The van der Waals surface area contributed by atoms with Crippen molar-refractivity contribution >= 4 is 11.7 Å². The molecule has 2 saturated heterocycles. The number of hydrogen-bond donors (Lipinski definition) is 1. The lowest BCUT2D eigenvalue weighted by Gasteiger charge is -2.36. The van der Waals surface area contributed by atoms with Crippen LogP contribution in [0.25, 0.3) is 0 Å². The van der Waals surface area contributed by atoms with Gasteiger partial charge in [0, 0.05) is 38.4 Å². The van der Waals surface area contributed by atoms with Gasteiger partial charge in [-0.15, -0.1) is 0 Å². The maximum absolute atomic E-state index is 12.5. The van der Waals surface area contributed by atoms with E-state index in [1.165, 1.54) is 58.0 Å². The molecule has 4 rings (SSSR count). The van der Waals surface area contributed by atoms with Gasteiger partial charge >= 0.3 is 0 Å². The van der Waals surface area contributed by atoms with Gasteiger partial charge in [-0.05, 0) is 50.3 Å². The summed E-state index contributed by atoms with van der Waals surface area (Å²) in [7, 11) is 0.